The quantitative estimate of drug-likeness (QED) is 0.567. The predicted molar refractivity (Wildman–Crippen MR) is 117 cm³/mol. The zero-order valence-corrected chi connectivity index (χ0v) is 17.6. The van der Waals surface area contributed by atoms with E-state index in [0.717, 1.165) is 0 Å². The number of aromatic nitrogens is 2. The number of amides is 1. The topological polar surface area (TPSA) is 117 Å². The second-order valence-corrected chi connectivity index (χ2v) is 8.48. The maximum absolute atomic E-state index is 12.4. The predicted octanol–water partition coefficient (Wildman–Crippen LogP) is 1.96. The van der Waals surface area contributed by atoms with E-state index in [1.807, 2.05) is 0 Å². The molecule has 0 unspecified atom stereocenters. The van der Waals surface area contributed by atoms with E-state index in [9.17, 15) is 18.6 Å². The third-order valence-corrected chi connectivity index (χ3v) is 6.13. The van der Waals surface area contributed by atoms with Gasteiger partial charge in [-0.25, -0.2) is 9.59 Å². The smallest absolute Gasteiger partial charge is 0.351 e. The molecule has 2 aromatic carbocycles. The average molecular weight is 453 g/mol. The molecule has 1 amide bonds. The Hall–Kier alpha value is -3.63. The summed E-state index contributed by atoms with van der Waals surface area (Å²) in [6.07, 6.45) is 0.589. The number of rotatable bonds is 6. The molecule has 1 aliphatic rings. The van der Waals surface area contributed by atoms with Crippen molar-refractivity contribution in [2.75, 3.05) is 17.7 Å². The van der Waals surface area contributed by atoms with Gasteiger partial charge in [0.05, 0.1) is 22.1 Å². The molecule has 0 aliphatic carbocycles. The summed E-state index contributed by atoms with van der Waals surface area (Å²) in [5.74, 6) is -0.807. The molecular weight excluding hydrogens is 434 g/mol. The van der Waals surface area contributed by atoms with E-state index in [1.54, 1.807) is 60.7 Å². The Morgan fingerprint density at radius 3 is 2.38 bits per heavy atom. The summed E-state index contributed by atoms with van der Waals surface area (Å²) < 4.78 is 24.4. The fourth-order valence-corrected chi connectivity index (χ4v) is 4.27. The van der Waals surface area contributed by atoms with Gasteiger partial charge in [-0.05, 0) is 30.3 Å². The van der Waals surface area contributed by atoms with Gasteiger partial charge in [-0.3, -0.25) is 13.6 Å². The van der Waals surface area contributed by atoms with Gasteiger partial charge in [0.15, 0.2) is 11.7 Å². The lowest BCUT2D eigenvalue weighted by molar-refractivity contribution is -0.0184. The molecule has 0 saturated carbocycles. The molecule has 3 aromatic rings. The van der Waals surface area contributed by atoms with Crippen LogP contribution >= 0.6 is 0 Å². The normalized spacial score (nSPS) is 19.9. The SMILES string of the molecule is O=C(Nc1ccn([C@@H]2C[S@](=O)[C@H](COC(=O)c3ccccc3)O2)c(=O)n1)c1ccccc1. The molecule has 1 fully saturated rings. The van der Waals surface area contributed by atoms with Crippen LogP contribution in [0.15, 0.2) is 77.7 Å². The van der Waals surface area contributed by atoms with Gasteiger partial charge in [-0.15, -0.1) is 0 Å². The largest absolute Gasteiger partial charge is 0.458 e. The molecule has 2 heterocycles. The lowest BCUT2D eigenvalue weighted by atomic mass is 10.2. The molecule has 0 radical (unpaired) electrons. The Kier molecular flexibility index (Phi) is 6.52. The Morgan fingerprint density at radius 1 is 1.06 bits per heavy atom. The Morgan fingerprint density at radius 2 is 1.72 bits per heavy atom. The standard InChI is InChI=1S/C22H19N3O6S/c26-20(15-7-3-1-4-8-15)23-17-11-12-25(22(28)24-17)18-14-32(29)19(31-18)13-30-21(27)16-9-5-2-6-10-16/h1-12,18-19H,13-14H2,(H,23,24,26,28)/t18-,19+,32-/m0/s1. The van der Waals surface area contributed by atoms with E-state index in [4.69, 9.17) is 9.47 Å². The number of hydrogen-bond donors (Lipinski definition) is 1. The van der Waals surface area contributed by atoms with E-state index >= 15 is 0 Å². The van der Waals surface area contributed by atoms with Gasteiger partial charge in [0.2, 0.25) is 0 Å². The summed E-state index contributed by atoms with van der Waals surface area (Å²) in [6, 6.07) is 18.4. The van der Waals surface area contributed by atoms with Crippen LogP contribution in [0.4, 0.5) is 5.82 Å². The molecule has 1 N–H and O–H groups in total. The second kappa shape index (κ2) is 9.67. The number of benzene rings is 2. The van der Waals surface area contributed by atoms with E-state index in [0.29, 0.717) is 11.1 Å². The summed E-state index contributed by atoms with van der Waals surface area (Å²) in [5, 5.41) is 2.56. The first-order valence-electron chi connectivity index (χ1n) is 9.71. The van der Waals surface area contributed by atoms with Crippen LogP contribution in [0.2, 0.25) is 0 Å². The van der Waals surface area contributed by atoms with Crippen molar-refractivity contribution in [3.8, 4) is 0 Å². The van der Waals surface area contributed by atoms with Crippen LogP contribution in [0.25, 0.3) is 0 Å². The first-order chi connectivity index (χ1) is 15.5. The molecule has 1 saturated heterocycles. The Bertz CT molecular complexity index is 1200. The third kappa shape index (κ3) is 4.98. The number of nitrogens with one attached hydrogen (secondary N) is 1. The zero-order valence-electron chi connectivity index (χ0n) is 16.7. The minimum Gasteiger partial charge on any atom is -0.458 e. The molecule has 32 heavy (non-hydrogen) atoms. The minimum atomic E-state index is -1.47. The van der Waals surface area contributed by atoms with Crippen LogP contribution in [0, 0.1) is 0 Å². The molecule has 164 valence electrons. The molecule has 3 atom stereocenters. The summed E-state index contributed by atoms with van der Waals surface area (Å²) in [7, 11) is -1.47. The second-order valence-electron chi connectivity index (χ2n) is 6.85. The van der Waals surface area contributed by atoms with Gasteiger partial charge >= 0.3 is 11.7 Å². The number of esters is 1. The third-order valence-electron chi connectivity index (χ3n) is 4.69. The summed E-state index contributed by atoms with van der Waals surface area (Å²) in [4.78, 5) is 40.6. The summed E-state index contributed by atoms with van der Waals surface area (Å²) in [5.41, 5.74) is -0.723. The van der Waals surface area contributed by atoms with Gasteiger partial charge < -0.3 is 14.8 Å². The fourth-order valence-electron chi connectivity index (χ4n) is 3.07. The molecule has 1 aliphatic heterocycles. The number of anilines is 1. The number of hydrogen-bond acceptors (Lipinski definition) is 7. The van der Waals surface area contributed by atoms with Crippen molar-refractivity contribution < 1.29 is 23.3 Å². The number of ether oxygens (including phenoxy) is 2. The van der Waals surface area contributed by atoms with Gasteiger partial charge in [0, 0.05) is 11.8 Å². The van der Waals surface area contributed by atoms with Gasteiger partial charge in [0.25, 0.3) is 5.91 Å². The highest BCUT2D eigenvalue weighted by Crippen LogP contribution is 2.23. The number of carbonyl (C=O) groups is 2. The molecular formula is C22H19N3O6S. The maximum Gasteiger partial charge on any atom is 0.351 e. The monoisotopic (exact) mass is 453 g/mol. The van der Waals surface area contributed by atoms with E-state index in [2.05, 4.69) is 10.3 Å². The van der Waals surface area contributed by atoms with Crippen molar-refractivity contribution in [2.45, 2.75) is 11.7 Å². The zero-order chi connectivity index (χ0) is 22.5. The van der Waals surface area contributed by atoms with Crippen molar-refractivity contribution in [1.82, 2.24) is 9.55 Å². The summed E-state index contributed by atoms with van der Waals surface area (Å²) in [6.45, 7) is -0.204. The van der Waals surface area contributed by atoms with E-state index < -0.39 is 40.0 Å². The lowest BCUT2D eigenvalue weighted by Gasteiger charge is -2.15. The van der Waals surface area contributed by atoms with Crippen LogP contribution in [-0.2, 0) is 20.3 Å². The van der Waals surface area contributed by atoms with Crippen molar-refractivity contribution in [3.05, 3.63) is 94.5 Å². The summed E-state index contributed by atoms with van der Waals surface area (Å²) >= 11 is 0. The highest BCUT2D eigenvalue weighted by Gasteiger charge is 2.35. The Labute approximate surface area is 185 Å². The average Bonchev–Trinajstić information content (AvgIpc) is 3.18. The fraction of sp³-hybridized carbons (Fsp3) is 0.182. The van der Waals surface area contributed by atoms with Crippen LogP contribution in [0.3, 0.4) is 0 Å². The minimum absolute atomic E-state index is 0.0465. The molecule has 4 rings (SSSR count). The first-order valence-corrected chi connectivity index (χ1v) is 11.1. The molecule has 1 aromatic heterocycles. The van der Waals surface area contributed by atoms with Crippen LogP contribution < -0.4 is 11.0 Å². The van der Waals surface area contributed by atoms with Crippen molar-refractivity contribution >= 4 is 28.5 Å². The van der Waals surface area contributed by atoms with Crippen LogP contribution in [0.5, 0.6) is 0 Å². The van der Waals surface area contributed by atoms with Gasteiger partial charge in [-0.2, -0.15) is 4.98 Å². The molecule has 0 spiro atoms. The van der Waals surface area contributed by atoms with Gasteiger partial charge in [-0.1, -0.05) is 36.4 Å². The molecule has 0 bridgehead atoms. The van der Waals surface area contributed by atoms with Crippen molar-refractivity contribution in [1.29, 1.82) is 0 Å². The highest BCUT2D eigenvalue weighted by molar-refractivity contribution is 7.85. The van der Waals surface area contributed by atoms with Crippen LogP contribution in [0.1, 0.15) is 26.9 Å². The number of carbonyl (C=O) groups excluding carboxylic acids is 2. The van der Waals surface area contributed by atoms with Crippen molar-refractivity contribution in [2.24, 2.45) is 0 Å². The van der Waals surface area contributed by atoms with E-state index in [-0.39, 0.29) is 18.2 Å². The lowest BCUT2D eigenvalue weighted by Crippen LogP contribution is -2.29. The molecule has 9 nitrogen and oxygen atoms in total. The van der Waals surface area contributed by atoms with E-state index in [1.165, 1.54) is 16.8 Å². The van der Waals surface area contributed by atoms with Gasteiger partial charge in [0.1, 0.15) is 12.4 Å². The van der Waals surface area contributed by atoms with Crippen LogP contribution in [-0.4, -0.2) is 43.4 Å². The first kappa shape index (κ1) is 21.6. The van der Waals surface area contributed by atoms with Crippen molar-refractivity contribution in [3.63, 3.8) is 0 Å². The molecule has 10 heteroatoms. The highest BCUT2D eigenvalue weighted by atomic mass is 32.2. The maximum atomic E-state index is 12.4. The Balaban J connectivity index is 1.38. The number of nitrogens with zero attached hydrogens (tertiary/aromatic N) is 2.